The molecule has 0 bridgehead atoms. The Hall–Kier alpha value is -1.13. The zero-order valence-electron chi connectivity index (χ0n) is 10.8. The van der Waals surface area contributed by atoms with Crippen LogP contribution in [0.5, 0.6) is 0 Å². The summed E-state index contributed by atoms with van der Waals surface area (Å²) >= 11 is 1.75. The maximum absolute atomic E-state index is 10.1. The lowest BCUT2D eigenvalue weighted by Gasteiger charge is -2.05. The molecular formula is C14H18N2OS. The Morgan fingerprint density at radius 3 is 2.89 bits per heavy atom. The van der Waals surface area contributed by atoms with E-state index in [2.05, 4.69) is 22.7 Å². The highest BCUT2D eigenvalue weighted by Gasteiger charge is 2.31. The number of rotatable bonds is 4. The average Bonchev–Trinajstić information content (AvgIpc) is 3.01. The van der Waals surface area contributed by atoms with Crippen LogP contribution in [0.1, 0.15) is 40.1 Å². The lowest BCUT2D eigenvalue weighted by Crippen LogP contribution is -1.99. The van der Waals surface area contributed by atoms with E-state index in [1.807, 2.05) is 19.2 Å². The number of hydrogen-bond donors (Lipinski definition) is 1. The minimum absolute atomic E-state index is 0.272. The van der Waals surface area contributed by atoms with Gasteiger partial charge in [0.25, 0.3) is 0 Å². The zero-order chi connectivity index (χ0) is 12.7. The van der Waals surface area contributed by atoms with Crippen molar-refractivity contribution in [2.75, 3.05) is 0 Å². The van der Waals surface area contributed by atoms with Crippen LogP contribution < -0.4 is 0 Å². The molecule has 0 spiro atoms. The fourth-order valence-corrected chi connectivity index (χ4v) is 3.12. The van der Waals surface area contributed by atoms with Crippen molar-refractivity contribution in [3.63, 3.8) is 0 Å². The molecule has 0 saturated heterocycles. The highest BCUT2D eigenvalue weighted by molar-refractivity contribution is 7.11. The van der Waals surface area contributed by atoms with Gasteiger partial charge >= 0.3 is 0 Å². The smallest absolute Gasteiger partial charge is 0.113 e. The SMILES string of the molecule is Cc1nc(Cn2ccc(C(O)C3CC3)c2)sc1C. The molecule has 1 unspecified atom stereocenters. The molecule has 1 fully saturated rings. The van der Waals surface area contributed by atoms with E-state index in [1.165, 1.54) is 4.88 Å². The molecule has 1 saturated carbocycles. The van der Waals surface area contributed by atoms with Crippen LogP contribution in [0.15, 0.2) is 18.5 Å². The van der Waals surface area contributed by atoms with Crippen molar-refractivity contribution in [3.05, 3.63) is 39.6 Å². The van der Waals surface area contributed by atoms with Crippen LogP contribution in [0.3, 0.4) is 0 Å². The molecule has 18 heavy (non-hydrogen) atoms. The Morgan fingerprint density at radius 2 is 2.28 bits per heavy atom. The summed E-state index contributed by atoms with van der Waals surface area (Å²) in [6, 6.07) is 2.02. The maximum atomic E-state index is 10.1. The van der Waals surface area contributed by atoms with Gasteiger partial charge in [-0.25, -0.2) is 4.98 Å². The van der Waals surface area contributed by atoms with E-state index in [-0.39, 0.29) is 6.10 Å². The normalized spacial score (nSPS) is 17.1. The van der Waals surface area contributed by atoms with Gasteiger partial charge in [0, 0.05) is 17.3 Å². The molecule has 2 aromatic heterocycles. The summed E-state index contributed by atoms with van der Waals surface area (Å²) in [7, 11) is 0. The van der Waals surface area contributed by atoms with Crippen molar-refractivity contribution < 1.29 is 5.11 Å². The van der Waals surface area contributed by atoms with E-state index < -0.39 is 0 Å². The van der Waals surface area contributed by atoms with Gasteiger partial charge in [0.05, 0.1) is 18.3 Å². The minimum atomic E-state index is -0.272. The quantitative estimate of drug-likeness (QED) is 0.919. The van der Waals surface area contributed by atoms with Gasteiger partial charge < -0.3 is 9.67 Å². The van der Waals surface area contributed by atoms with Crippen molar-refractivity contribution in [2.45, 2.75) is 39.3 Å². The average molecular weight is 262 g/mol. The standard InChI is InChI=1S/C14H18N2OS/c1-9-10(2)18-13(15-9)8-16-6-5-12(7-16)14(17)11-3-4-11/h5-7,11,14,17H,3-4,8H2,1-2H3. The molecule has 1 aliphatic carbocycles. The number of hydrogen-bond acceptors (Lipinski definition) is 3. The van der Waals surface area contributed by atoms with Gasteiger partial charge in [0.15, 0.2) is 0 Å². The topological polar surface area (TPSA) is 38.0 Å². The summed E-state index contributed by atoms with van der Waals surface area (Å²) in [5.74, 6) is 0.491. The van der Waals surface area contributed by atoms with Crippen LogP contribution in [-0.4, -0.2) is 14.7 Å². The van der Waals surface area contributed by atoms with E-state index in [9.17, 15) is 5.11 Å². The van der Waals surface area contributed by atoms with Gasteiger partial charge in [-0.2, -0.15) is 0 Å². The number of thiazole rings is 1. The molecule has 2 aromatic rings. The maximum Gasteiger partial charge on any atom is 0.113 e. The summed E-state index contributed by atoms with van der Waals surface area (Å²) in [4.78, 5) is 5.83. The first-order chi connectivity index (χ1) is 8.63. The highest BCUT2D eigenvalue weighted by atomic mass is 32.1. The Kier molecular flexibility index (Phi) is 2.99. The Labute approximate surface area is 111 Å². The van der Waals surface area contributed by atoms with E-state index in [0.717, 1.165) is 35.7 Å². The number of aliphatic hydroxyl groups excluding tert-OH is 1. The molecule has 1 aliphatic rings. The minimum Gasteiger partial charge on any atom is -0.388 e. The van der Waals surface area contributed by atoms with Crippen LogP contribution in [-0.2, 0) is 6.54 Å². The lowest BCUT2D eigenvalue weighted by molar-refractivity contribution is 0.154. The molecule has 96 valence electrons. The van der Waals surface area contributed by atoms with Gasteiger partial charge in [-0.1, -0.05) is 0 Å². The van der Waals surface area contributed by atoms with Gasteiger partial charge in [0.1, 0.15) is 5.01 Å². The van der Waals surface area contributed by atoms with Crippen molar-refractivity contribution >= 4 is 11.3 Å². The third-order valence-corrected chi connectivity index (χ3v) is 4.63. The van der Waals surface area contributed by atoms with Crippen molar-refractivity contribution in [3.8, 4) is 0 Å². The van der Waals surface area contributed by atoms with Gasteiger partial charge in [-0.05, 0) is 44.2 Å². The van der Waals surface area contributed by atoms with Crippen molar-refractivity contribution in [1.29, 1.82) is 0 Å². The summed E-state index contributed by atoms with van der Waals surface area (Å²) in [5, 5.41) is 11.2. The fourth-order valence-electron chi connectivity index (χ4n) is 2.18. The third-order valence-electron chi connectivity index (χ3n) is 3.57. The molecule has 1 N–H and O–H groups in total. The summed E-state index contributed by atoms with van der Waals surface area (Å²) < 4.78 is 2.11. The second-order valence-electron chi connectivity index (χ2n) is 5.15. The first-order valence-electron chi connectivity index (χ1n) is 6.40. The molecule has 2 heterocycles. The summed E-state index contributed by atoms with van der Waals surface area (Å²) in [6.45, 7) is 4.96. The number of aromatic nitrogens is 2. The van der Waals surface area contributed by atoms with E-state index in [0.29, 0.717) is 5.92 Å². The van der Waals surface area contributed by atoms with Crippen LogP contribution in [0.2, 0.25) is 0 Å². The molecule has 0 radical (unpaired) electrons. The predicted octanol–water partition coefficient (Wildman–Crippen LogP) is 3.05. The molecule has 0 aromatic carbocycles. The zero-order valence-corrected chi connectivity index (χ0v) is 11.6. The Balaban J connectivity index is 1.73. The second kappa shape index (κ2) is 4.52. The van der Waals surface area contributed by atoms with Crippen LogP contribution >= 0.6 is 11.3 Å². The molecule has 4 heteroatoms. The molecule has 1 atom stereocenters. The van der Waals surface area contributed by atoms with E-state index in [4.69, 9.17) is 0 Å². The van der Waals surface area contributed by atoms with Gasteiger partial charge in [-0.3, -0.25) is 0 Å². The van der Waals surface area contributed by atoms with Gasteiger partial charge in [-0.15, -0.1) is 11.3 Å². The number of nitrogens with zero attached hydrogens (tertiary/aromatic N) is 2. The van der Waals surface area contributed by atoms with Crippen molar-refractivity contribution in [1.82, 2.24) is 9.55 Å². The van der Waals surface area contributed by atoms with Crippen molar-refractivity contribution in [2.24, 2.45) is 5.92 Å². The summed E-state index contributed by atoms with van der Waals surface area (Å²) in [6.07, 6.45) is 6.14. The molecule has 3 nitrogen and oxygen atoms in total. The first-order valence-corrected chi connectivity index (χ1v) is 7.22. The lowest BCUT2D eigenvalue weighted by atomic mass is 10.1. The Bertz CT molecular complexity index is 534. The van der Waals surface area contributed by atoms with Gasteiger partial charge in [0.2, 0.25) is 0 Å². The second-order valence-corrected chi connectivity index (χ2v) is 6.44. The fraction of sp³-hybridized carbons (Fsp3) is 0.500. The molecular weight excluding hydrogens is 244 g/mol. The Morgan fingerprint density at radius 1 is 1.50 bits per heavy atom. The summed E-state index contributed by atoms with van der Waals surface area (Å²) in [5.41, 5.74) is 2.17. The predicted molar refractivity (Wildman–Crippen MR) is 72.8 cm³/mol. The molecule has 0 amide bonds. The molecule has 0 aliphatic heterocycles. The third kappa shape index (κ3) is 2.35. The monoisotopic (exact) mass is 262 g/mol. The number of aliphatic hydroxyl groups is 1. The first kappa shape index (κ1) is 11.9. The van der Waals surface area contributed by atoms with Crippen LogP contribution in [0, 0.1) is 19.8 Å². The molecule has 3 rings (SSSR count). The highest BCUT2D eigenvalue weighted by Crippen LogP contribution is 2.40. The largest absolute Gasteiger partial charge is 0.388 e. The van der Waals surface area contributed by atoms with E-state index >= 15 is 0 Å². The van der Waals surface area contributed by atoms with Crippen LogP contribution in [0.4, 0.5) is 0 Å². The van der Waals surface area contributed by atoms with Crippen LogP contribution in [0.25, 0.3) is 0 Å². The number of aryl methyl sites for hydroxylation is 2. The van der Waals surface area contributed by atoms with E-state index in [1.54, 1.807) is 11.3 Å².